The average Bonchev–Trinajstić information content (AvgIpc) is 2.48. The van der Waals surface area contributed by atoms with Crippen LogP contribution in [-0.4, -0.2) is 19.2 Å². The van der Waals surface area contributed by atoms with Crippen LogP contribution in [0.25, 0.3) is 0 Å². The van der Waals surface area contributed by atoms with Crippen molar-refractivity contribution in [2.24, 2.45) is 0 Å². The molecule has 1 rings (SSSR count). The molecule has 0 aliphatic heterocycles. The molecule has 1 aromatic carbocycles. The van der Waals surface area contributed by atoms with E-state index in [-0.39, 0.29) is 12.4 Å². The van der Waals surface area contributed by atoms with Gasteiger partial charge in [-0.25, -0.2) is 0 Å². The van der Waals surface area contributed by atoms with E-state index in [1.54, 1.807) is 24.3 Å². The summed E-state index contributed by atoms with van der Waals surface area (Å²) in [5.74, 6) is 0.520. The zero-order valence-electron chi connectivity index (χ0n) is 13.0. The molecule has 0 aliphatic rings. The fraction of sp³-hybridized carbons (Fsp3) is 0.588. The lowest BCUT2D eigenvalue weighted by Crippen LogP contribution is -2.10. The van der Waals surface area contributed by atoms with Crippen LogP contribution in [0, 0.1) is 0 Å². The van der Waals surface area contributed by atoms with Crippen molar-refractivity contribution in [2.45, 2.75) is 51.9 Å². The van der Waals surface area contributed by atoms with E-state index in [4.69, 9.17) is 15.2 Å². The zero-order chi connectivity index (χ0) is 15.3. The van der Waals surface area contributed by atoms with Crippen LogP contribution in [-0.2, 0) is 9.53 Å². The number of benzene rings is 1. The van der Waals surface area contributed by atoms with Gasteiger partial charge in [0.25, 0.3) is 0 Å². The summed E-state index contributed by atoms with van der Waals surface area (Å²) in [5.41, 5.74) is 6.28. The van der Waals surface area contributed by atoms with Gasteiger partial charge in [-0.3, -0.25) is 4.79 Å². The number of nitrogen functional groups attached to an aromatic ring is 1. The molecule has 0 unspecified atom stereocenters. The van der Waals surface area contributed by atoms with Gasteiger partial charge in [0.2, 0.25) is 0 Å². The molecule has 21 heavy (non-hydrogen) atoms. The first kappa shape index (κ1) is 17.3. The Balaban J connectivity index is 1.97. The monoisotopic (exact) mass is 293 g/mol. The Morgan fingerprint density at radius 1 is 1.00 bits per heavy atom. The molecule has 118 valence electrons. The summed E-state index contributed by atoms with van der Waals surface area (Å²) >= 11 is 0. The number of ether oxygens (including phenoxy) is 2. The number of anilines is 1. The van der Waals surface area contributed by atoms with Crippen molar-refractivity contribution in [1.29, 1.82) is 0 Å². The van der Waals surface area contributed by atoms with E-state index in [0.717, 1.165) is 12.8 Å². The topological polar surface area (TPSA) is 61.5 Å². The molecule has 4 nitrogen and oxygen atoms in total. The molecule has 4 heteroatoms. The minimum atomic E-state index is -0.195. The fourth-order valence-electron chi connectivity index (χ4n) is 1.96. The number of unbranched alkanes of at least 4 members (excludes halogenated alkanes) is 5. The second kappa shape index (κ2) is 11.0. The van der Waals surface area contributed by atoms with Crippen LogP contribution >= 0.6 is 0 Å². The molecule has 1 aromatic rings. The predicted molar refractivity (Wildman–Crippen MR) is 85.3 cm³/mol. The average molecular weight is 293 g/mol. The Labute approximate surface area is 127 Å². The maximum absolute atomic E-state index is 11.5. The van der Waals surface area contributed by atoms with Gasteiger partial charge in [0.05, 0.1) is 19.6 Å². The lowest BCUT2D eigenvalue weighted by molar-refractivity contribution is -0.144. The number of rotatable bonds is 11. The van der Waals surface area contributed by atoms with E-state index >= 15 is 0 Å². The summed E-state index contributed by atoms with van der Waals surface area (Å²) in [6.45, 7) is 3.06. The Morgan fingerprint density at radius 2 is 1.67 bits per heavy atom. The van der Waals surface area contributed by atoms with Crippen molar-refractivity contribution in [2.75, 3.05) is 18.9 Å². The van der Waals surface area contributed by atoms with Gasteiger partial charge in [0.15, 0.2) is 0 Å². The molecule has 0 heterocycles. The smallest absolute Gasteiger partial charge is 0.309 e. The van der Waals surface area contributed by atoms with Crippen LogP contribution in [0.15, 0.2) is 24.3 Å². The van der Waals surface area contributed by atoms with Crippen LogP contribution in [0.3, 0.4) is 0 Å². The third kappa shape index (κ3) is 8.95. The van der Waals surface area contributed by atoms with Gasteiger partial charge in [-0.1, -0.05) is 39.0 Å². The quantitative estimate of drug-likeness (QED) is 0.381. The van der Waals surface area contributed by atoms with E-state index in [2.05, 4.69) is 6.92 Å². The van der Waals surface area contributed by atoms with Crippen molar-refractivity contribution in [3.8, 4) is 5.75 Å². The third-order valence-electron chi connectivity index (χ3n) is 3.22. The van der Waals surface area contributed by atoms with E-state index < -0.39 is 0 Å². The standard InChI is InChI=1S/C17H27NO3/c1-2-3-4-5-6-7-13-21-17(19)12-14-20-16-10-8-15(18)9-11-16/h8-11H,2-7,12-14,18H2,1H3. The molecular weight excluding hydrogens is 266 g/mol. The van der Waals surface area contributed by atoms with Gasteiger partial charge in [-0.05, 0) is 30.7 Å². The lowest BCUT2D eigenvalue weighted by Gasteiger charge is -2.07. The zero-order valence-corrected chi connectivity index (χ0v) is 13.0. The highest BCUT2D eigenvalue weighted by Crippen LogP contribution is 2.13. The Morgan fingerprint density at radius 3 is 2.38 bits per heavy atom. The summed E-state index contributed by atoms with van der Waals surface area (Å²) in [4.78, 5) is 11.5. The first-order valence-electron chi connectivity index (χ1n) is 7.86. The summed E-state index contributed by atoms with van der Waals surface area (Å²) in [6.07, 6.45) is 7.42. The van der Waals surface area contributed by atoms with E-state index in [0.29, 0.717) is 24.7 Å². The highest BCUT2D eigenvalue weighted by Gasteiger charge is 2.03. The van der Waals surface area contributed by atoms with E-state index in [1.807, 2.05) is 0 Å². The third-order valence-corrected chi connectivity index (χ3v) is 3.22. The van der Waals surface area contributed by atoms with Gasteiger partial charge < -0.3 is 15.2 Å². The molecular formula is C17H27NO3. The summed E-state index contributed by atoms with van der Waals surface area (Å²) < 4.78 is 10.6. The molecule has 0 radical (unpaired) electrons. The normalized spacial score (nSPS) is 10.3. The van der Waals surface area contributed by atoms with Crippen LogP contribution in [0.2, 0.25) is 0 Å². The molecule has 0 aliphatic carbocycles. The first-order chi connectivity index (χ1) is 10.2. The number of esters is 1. The molecule has 0 atom stereocenters. The van der Waals surface area contributed by atoms with Gasteiger partial charge in [-0.15, -0.1) is 0 Å². The molecule has 0 amide bonds. The molecule has 0 spiro atoms. The minimum Gasteiger partial charge on any atom is -0.493 e. The van der Waals surface area contributed by atoms with Crippen LogP contribution in [0.5, 0.6) is 5.75 Å². The van der Waals surface area contributed by atoms with Gasteiger partial charge in [0.1, 0.15) is 5.75 Å². The molecule has 0 fully saturated rings. The Hall–Kier alpha value is -1.71. The van der Waals surface area contributed by atoms with Crippen molar-refractivity contribution in [3.05, 3.63) is 24.3 Å². The second-order valence-electron chi connectivity index (χ2n) is 5.16. The van der Waals surface area contributed by atoms with Crippen LogP contribution in [0.1, 0.15) is 51.9 Å². The highest BCUT2D eigenvalue weighted by molar-refractivity contribution is 5.69. The maximum atomic E-state index is 11.5. The molecule has 0 bridgehead atoms. The second-order valence-corrected chi connectivity index (χ2v) is 5.16. The summed E-state index contributed by atoms with van der Waals surface area (Å²) in [6, 6.07) is 7.12. The van der Waals surface area contributed by atoms with Crippen LogP contribution in [0.4, 0.5) is 5.69 Å². The summed E-state index contributed by atoms with van der Waals surface area (Å²) in [5, 5.41) is 0. The SMILES string of the molecule is CCCCCCCCOC(=O)CCOc1ccc(N)cc1. The number of hydrogen-bond acceptors (Lipinski definition) is 4. The number of carbonyl (C=O) groups excluding carboxylic acids is 1. The molecule has 2 N–H and O–H groups in total. The van der Waals surface area contributed by atoms with E-state index in [1.165, 1.54) is 25.7 Å². The van der Waals surface area contributed by atoms with E-state index in [9.17, 15) is 4.79 Å². The minimum absolute atomic E-state index is 0.195. The molecule has 0 saturated heterocycles. The van der Waals surface area contributed by atoms with Gasteiger partial charge >= 0.3 is 5.97 Å². The highest BCUT2D eigenvalue weighted by atomic mass is 16.5. The largest absolute Gasteiger partial charge is 0.493 e. The fourth-order valence-corrected chi connectivity index (χ4v) is 1.96. The van der Waals surface area contributed by atoms with Crippen molar-refractivity contribution < 1.29 is 14.3 Å². The Bertz CT molecular complexity index is 390. The van der Waals surface area contributed by atoms with Crippen molar-refractivity contribution in [1.82, 2.24) is 0 Å². The number of hydrogen-bond donors (Lipinski definition) is 1. The van der Waals surface area contributed by atoms with Gasteiger partial charge in [-0.2, -0.15) is 0 Å². The molecule has 0 aromatic heterocycles. The van der Waals surface area contributed by atoms with Crippen molar-refractivity contribution >= 4 is 11.7 Å². The lowest BCUT2D eigenvalue weighted by atomic mass is 10.1. The van der Waals surface area contributed by atoms with Crippen molar-refractivity contribution in [3.63, 3.8) is 0 Å². The predicted octanol–water partition coefficient (Wildman–Crippen LogP) is 3.94. The number of nitrogens with two attached hydrogens (primary N) is 1. The Kier molecular flexibility index (Phi) is 9.09. The van der Waals surface area contributed by atoms with Gasteiger partial charge in [0, 0.05) is 5.69 Å². The van der Waals surface area contributed by atoms with Crippen LogP contribution < -0.4 is 10.5 Å². The maximum Gasteiger partial charge on any atom is 0.309 e. The molecule has 0 saturated carbocycles. The number of carbonyl (C=O) groups is 1. The first-order valence-corrected chi connectivity index (χ1v) is 7.86. The summed E-state index contributed by atoms with van der Waals surface area (Å²) in [7, 11) is 0.